The molecule has 0 unspecified atom stereocenters. The summed E-state index contributed by atoms with van der Waals surface area (Å²) >= 11 is 0. The molecule has 3 rings (SSSR count). The molecule has 134 valence electrons. The average molecular weight is 355 g/mol. The van der Waals surface area contributed by atoms with Gasteiger partial charge in [0, 0.05) is 11.3 Å². The number of anilines is 1. The molecule has 0 fully saturated rings. The van der Waals surface area contributed by atoms with E-state index in [0.29, 0.717) is 28.5 Å². The highest BCUT2D eigenvalue weighted by Crippen LogP contribution is 2.38. The summed E-state index contributed by atoms with van der Waals surface area (Å²) in [6, 6.07) is 10.3. The van der Waals surface area contributed by atoms with E-state index in [-0.39, 0.29) is 5.91 Å². The Morgan fingerprint density at radius 3 is 2.15 bits per heavy atom. The van der Waals surface area contributed by atoms with Gasteiger partial charge in [-0.25, -0.2) is 4.68 Å². The molecule has 1 heterocycles. The van der Waals surface area contributed by atoms with Crippen molar-refractivity contribution in [3.63, 3.8) is 0 Å². The highest BCUT2D eigenvalue weighted by molar-refractivity contribution is 6.05. The van der Waals surface area contributed by atoms with E-state index in [1.165, 1.54) is 32.3 Å². The van der Waals surface area contributed by atoms with Gasteiger partial charge in [-0.1, -0.05) is 0 Å². The van der Waals surface area contributed by atoms with Gasteiger partial charge in [0.25, 0.3) is 5.91 Å². The lowest BCUT2D eigenvalue weighted by Crippen LogP contribution is -2.12. The van der Waals surface area contributed by atoms with Crippen molar-refractivity contribution in [1.29, 1.82) is 0 Å². The normalized spacial score (nSPS) is 10.3. The van der Waals surface area contributed by atoms with E-state index in [2.05, 4.69) is 20.8 Å². The van der Waals surface area contributed by atoms with Crippen LogP contribution in [0.4, 0.5) is 5.69 Å². The van der Waals surface area contributed by atoms with Crippen molar-refractivity contribution < 1.29 is 19.0 Å². The minimum absolute atomic E-state index is 0.306. The van der Waals surface area contributed by atoms with E-state index in [1.807, 2.05) is 0 Å². The number of methoxy groups -OCH3 is 3. The van der Waals surface area contributed by atoms with Crippen LogP contribution in [0.3, 0.4) is 0 Å². The van der Waals surface area contributed by atoms with E-state index in [0.717, 1.165) is 5.69 Å². The van der Waals surface area contributed by atoms with Gasteiger partial charge in [-0.2, -0.15) is 0 Å². The van der Waals surface area contributed by atoms with E-state index < -0.39 is 0 Å². The van der Waals surface area contributed by atoms with Gasteiger partial charge in [-0.05, 0) is 46.8 Å². The van der Waals surface area contributed by atoms with Crippen molar-refractivity contribution in [2.24, 2.45) is 0 Å². The Balaban J connectivity index is 1.81. The topological polar surface area (TPSA) is 100 Å². The molecule has 0 bridgehead atoms. The first-order valence-corrected chi connectivity index (χ1v) is 7.61. The fraction of sp³-hybridized carbons (Fsp3) is 0.176. The molecule has 0 atom stereocenters. The van der Waals surface area contributed by atoms with Crippen LogP contribution in [0, 0.1) is 0 Å². The zero-order valence-corrected chi connectivity index (χ0v) is 14.5. The molecular weight excluding hydrogens is 338 g/mol. The van der Waals surface area contributed by atoms with Gasteiger partial charge in [0.05, 0.1) is 27.0 Å². The Morgan fingerprint density at radius 2 is 1.65 bits per heavy atom. The Hall–Kier alpha value is -3.62. The largest absolute Gasteiger partial charge is 0.493 e. The lowest BCUT2D eigenvalue weighted by molar-refractivity contribution is 0.102. The number of carbonyl (C=O) groups is 1. The van der Waals surface area contributed by atoms with Crippen LogP contribution in [-0.2, 0) is 0 Å². The molecule has 9 nitrogen and oxygen atoms in total. The van der Waals surface area contributed by atoms with Gasteiger partial charge >= 0.3 is 0 Å². The number of tetrazole rings is 1. The van der Waals surface area contributed by atoms with Crippen LogP contribution in [0.15, 0.2) is 42.7 Å². The number of nitrogens with zero attached hydrogens (tertiary/aromatic N) is 4. The molecule has 9 heteroatoms. The number of amides is 1. The second kappa shape index (κ2) is 7.51. The fourth-order valence-corrected chi connectivity index (χ4v) is 2.39. The van der Waals surface area contributed by atoms with Crippen molar-refractivity contribution in [2.45, 2.75) is 0 Å². The van der Waals surface area contributed by atoms with E-state index >= 15 is 0 Å². The lowest BCUT2D eigenvalue weighted by Gasteiger charge is -2.14. The third-order valence-corrected chi connectivity index (χ3v) is 3.67. The summed E-state index contributed by atoms with van der Waals surface area (Å²) in [6.45, 7) is 0. The van der Waals surface area contributed by atoms with Crippen LogP contribution in [0.5, 0.6) is 17.2 Å². The molecule has 1 amide bonds. The highest BCUT2D eigenvalue weighted by Gasteiger charge is 2.17. The number of ether oxygens (including phenoxy) is 3. The van der Waals surface area contributed by atoms with Crippen molar-refractivity contribution >= 4 is 11.6 Å². The van der Waals surface area contributed by atoms with Gasteiger partial charge in [0.2, 0.25) is 5.75 Å². The molecule has 26 heavy (non-hydrogen) atoms. The van der Waals surface area contributed by atoms with Gasteiger partial charge in [-0.15, -0.1) is 5.10 Å². The van der Waals surface area contributed by atoms with E-state index in [9.17, 15) is 4.79 Å². The molecule has 0 aliphatic rings. The van der Waals surface area contributed by atoms with Crippen molar-refractivity contribution in [2.75, 3.05) is 26.6 Å². The zero-order valence-electron chi connectivity index (χ0n) is 14.5. The summed E-state index contributed by atoms with van der Waals surface area (Å²) in [5.74, 6) is 0.939. The molecule has 2 aromatic carbocycles. The van der Waals surface area contributed by atoms with Crippen molar-refractivity contribution in [3.8, 4) is 22.9 Å². The Morgan fingerprint density at radius 1 is 1.00 bits per heavy atom. The summed E-state index contributed by atoms with van der Waals surface area (Å²) < 4.78 is 17.3. The summed E-state index contributed by atoms with van der Waals surface area (Å²) in [6.07, 6.45) is 1.49. The number of benzene rings is 2. The predicted octanol–water partition coefficient (Wildman–Crippen LogP) is 1.94. The SMILES string of the molecule is COc1cc(C(=O)Nc2ccc(-n3cnnn3)cc2)cc(OC)c1OC. The van der Waals surface area contributed by atoms with Gasteiger partial charge in [0.1, 0.15) is 6.33 Å². The summed E-state index contributed by atoms with van der Waals surface area (Å²) in [5, 5.41) is 13.8. The van der Waals surface area contributed by atoms with Crippen molar-refractivity contribution in [1.82, 2.24) is 20.2 Å². The van der Waals surface area contributed by atoms with Crippen LogP contribution in [-0.4, -0.2) is 47.4 Å². The molecule has 1 N–H and O–H groups in total. The molecule has 0 saturated heterocycles. The van der Waals surface area contributed by atoms with E-state index in [1.54, 1.807) is 36.4 Å². The Bertz CT molecular complexity index is 869. The van der Waals surface area contributed by atoms with Gasteiger partial charge in [-0.3, -0.25) is 4.79 Å². The standard InChI is InChI=1S/C17H17N5O4/c1-24-14-8-11(9-15(25-2)16(14)26-3)17(23)19-12-4-6-13(7-5-12)22-10-18-20-21-22/h4-10H,1-3H3,(H,19,23). The fourth-order valence-electron chi connectivity index (χ4n) is 2.39. The highest BCUT2D eigenvalue weighted by atomic mass is 16.5. The first-order chi connectivity index (χ1) is 12.7. The summed E-state index contributed by atoms with van der Waals surface area (Å²) in [7, 11) is 4.50. The molecule has 1 aromatic heterocycles. The van der Waals surface area contributed by atoms with E-state index in [4.69, 9.17) is 14.2 Å². The lowest BCUT2D eigenvalue weighted by atomic mass is 10.1. The molecule has 0 saturated carbocycles. The summed E-state index contributed by atoms with van der Waals surface area (Å²) in [4.78, 5) is 12.6. The number of hydrogen-bond donors (Lipinski definition) is 1. The molecule has 0 aliphatic carbocycles. The maximum absolute atomic E-state index is 12.6. The zero-order chi connectivity index (χ0) is 18.5. The molecule has 0 radical (unpaired) electrons. The molecule has 3 aromatic rings. The Labute approximate surface area is 149 Å². The minimum atomic E-state index is -0.306. The number of hydrogen-bond acceptors (Lipinski definition) is 7. The predicted molar refractivity (Wildman–Crippen MR) is 93.2 cm³/mol. The number of aromatic nitrogens is 4. The number of carbonyl (C=O) groups excluding carboxylic acids is 1. The number of nitrogens with one attached hydrogen (secondary N) is 1. The van der Waals surface area contributed by atoms with Gasteiger partial charge < -0.3 is 19.5 Å². The minimum Gasteiger partial charge on any atom is -0.493 e. The third-order valence-electron chi connectivity index (χ3n) is 3.67. The molecule has 0 spiro atoms. The smallest absolute Gasteiger partial charge is 0.255 e. The number of rotatable bonds is 6. The van der Waals surface area contributed by atoms with Crippen LogP contribution >= 0.6 is 0 Å². The third kappa shape index (κ3) is 3.41. The van der Waals surface area contributed by atoms with Crippen LogP contribution < -0.4 is 19.5 Å². The summed E-state index contributed by atoms with van der Waals surface area (Å²) in [5.41, 5.74) is 1.78. The maximum atomic E-state index is 12.6. The average Bonchev–Trinajstić information content (AvgIpc) is 3.22. The first-order valence-electron chi connectivity index (χ1n) is 7.61. The maximum Gasteiger partial charge on any atom is 0.255 e. The van der Waals surface area contributed by atoms with Crippen LogP contribution in [0.2, 0.25) is 0 Å². The quantitative estimate of drug-likeness (QED) is 0.721. The second-order valence-electron chi connectivity index (χ2n) is 5.17. The first kappa shape index (κ1) is 17.2. The molecular formula is C17H17N5O4. The van der Waals surface area contributed by atoms with Crippen molar-refractivity contribution in [3.05, 3.63) is 48.3 Å². The van der Waals surface area contributed by atoms with Gasteiger partial charge in [0.15, 0.2) is 11.5 Å². The van der Waals surface area contributed by atoms with Crippen LogP contribution in [0.25, 0.3) is 5.69 Å². The Kier molecular flexibility index (Phi) is 4.97. The van der Waals surface area contributed by atoms with Crippen LogP contribution in [0.1, 0.15) is 10.4 Å². The monoisotopic (exact) mass is 355 g/mol. The molecule has 0 aliphatic heterocycles. The second-order valence-corrected chi connectivity index (χ2v) is 5.17.